The number of rotatable bonds is 6. The monoisotopic (exact) mass is 343 g/mol. The molecule has 124 valence electrons. The average Bonchev–Trinajstić information content (AvgIpc) is 2.48. The molecule has 1 aromatic rings. The van der Waals surface area contributed by atoms with Crippen LogP contribution in [-0.2, 0) is 4.79 Å². The summed E-state index contributed by atoms with van der Waals surface area (Å²) in [5, 5.41) is 6.35. The predicted molar refractivity (Wildman–Crippen MR) is 96.1 cm³/mol. The minimum absolute atomic E-state index is 0. The van der Waals surface area contributed by atoms with Crippen LogP contribution in [0, 0.1) is 6.92 Å². The molecule has 1 amide bonds. The summed E-state index contributed by atoms with van der Waals surface area (Å²) in [5.41, 5.74) is 1.28. The highest BCUT2D eigenvalue weighted by molar-refractivity contribution is 7.99. The van der Waals surface area contributed by atoms with Crippen LogP contribution < -0.4 is 10.6 Å². The molecule has 0 saturated carbocycles. The van der Waals surface area contributed by atoms with Gasteiger partial charge >= 0.3 is 0 Å². The zero-order valence-corrected chi connectivity index (χ0v) is 14.9. The van der Waals surface area contributed by atoms with Crippen LogP contribution in [-0.4, -0.2) is 55.3 Å². The number of hydrogen-bond acceptors (Lipinski definition) is 4. The van der Waals surface area contributed by atoms with Crippen LogP contribution in [0.3, 0.4) is 0 Å². The molecular formula is C16H26ClN3OS. The fourth-order valence-corrected chi connectivity index (χ4v) is 3.12. The summed E-state index contributed by atoms with van der Waals surface area (Å²) >= 11 is 1.78. The fourth-order valence-electron chi connectivity index (χ4n) is 2.35. The van der Waals surface area contributed by atoms with Crippen molar-refractivity contribution < 1.29 is 4.79 Å². The third kappa shape index (κ3) is 6.57. The van der Waals surface area contributed by atoms with Gasteiger partial charge in [-0.15, -0.1) is 24.2 Å². The van der Waals surface area contributed by atoms with Crippen molar-refractivity contribution in [2.45, 2.75) is 24.8 Å². The van der Waals surface area contributed by atoms with E-state index in [1.54, 1.807) is 11.8 Å². The van der Waals surface area contributed by atoms with Gasteiger partial charge in [0.1, 0.15) is 0 Å². The Morgan fingerprint density at radius 2 is 2.14 bits per heavy atom. The first-order valence-electron chi connectivity index (χ1n) is 7.56. The Morgan fingerprint density at radius 1 is 1.41 bits per heavy atom. The number of thioether (sulfide) groups is 1. The molecule has 1 fully saturated rings. The summed E-state index contributed by atoms with van der Waals surface area (Å²) in [7, 11) is 0. The number of amides is 1. The van der Waals surface area contributed by atoms with Gasteiger partial charge in [-0.25, -0.2) is 0 Å². The van der Waals surface area contributed by atoms with Crippen LogP contribution in [0.15, 0.2) is 29.2 Å². The van der Waals surface area contributed by atoms with Crippen LogP contribution in [0.25, 0.3) is 0 Å². The van der Waals surface area contributed by atoms with Crippen molar-refractivity contribution in [3.05, 3.63) is 29.8 Å². The Balaban J connectivity index is 0.00000242. The van der Waals surface area contributed by atoms with Crippen molar-refractivity contribution in [3.63, 3.8) is 0 Å². The van der Waals surface area contributed by atoms with Gasteiger partial charge in [-0.2, -0.15) is 0 Å². The molecule has 4 nitrogen and oxygen atoms in total. The summed E-state index contributed by atoms with van der Waals surface area (Å²) in [5.74, 6) is 1.04. The minimum atomic E-state index is 0. The summed E-state index contributed by atoms with van der Waals surface area (Å²) in [4.78, 5) is 15.4. The highest BCUT2D eigenvalue weighted by atomic mass is 35.5. The number of halogens is 1. The van der Waals surface area contributed by atoms with E-state index in [9.17, 15) is 4.79 Å². The SMILES string of the molecule is Cc1ccc(SCCNC(=O)CN2CCNC[C@@H]2C)cc1.Cl. The Hall–Kier alpha value is -0.750. The van der Waals surface area contributed by atoms with Gasteiger partial charge in [0.05, 0.1) is 6.54 Å². The largest absolute Gasteiger partial charge is 0.354 e. The number of carbonyl (C=O) groups is 1. The fraction of sp³-hybridized carbons (Fsp3) is 0.562. The molecule has 1 saturated heterocycles. The van der Waals surface area contributed by atoms with E-state index < -0.39 is 0 Å². The second-order valence-corrected chi connectivity index (χ2v) is 6.70. The van der Waals surface area contributed by atoms with Crippen molar-refractivity contribution in [1.82, 2.24) is 15.5 Å². The number of piperazine rings is 1. The van der Waals surface area contributed by atoms with Crippen molar-refractivity contribution in [2.24, 2.45) is 0 Å². The van der Waals surface area contributed by atoms with Gasteiger partial charge in [0, 0.05) is 42.9 Å². The van der Waals surface area contributed by atoms with Gasteiger partial charge in [-0.3, -0.25) is 9.69 Å². The van der Waals surface area contributed by atoms with Crippen molar-refractivity contribution in [3.8, 4) is 0 Å². The first kappa shape index (κ1) is 19.3. The molecule has 2 N–H and O–H groups in total. The van der Waals surface area contributed by atoms with Crippen LogP contribution in [0.5, 0.6) is 0 Å². The third-order valence-corrected chi connectivity index (χ3v) is 4.71. The molecule has 1 atom stereocenters. The van der Waals surface area contributed by atoms with E-state index >= 15 is 0 Å². The smallest absolute Gasteiger partial charge is 0.234 e. The first-order chi connectivity index (χ1) is 10.1. The van der Waals surface area contributed by atoms with Gasteiger partial charge in [0.15, 0.2) is 0 Å². The quantitative estimate of drug-likeness (QED) is 0.612. The maximum Gasteiger partial charge on any atom is 0.234 e. The molecule has 0 aromatic heterocycles. The van der Waals surface area contributed by atoms with Crippen molar-refractivity contribution in [1.29, 1.82) is 0 Å². The number of carbonyl (C=O) groups excluding carboxylic acids is 1. The first-order valence-corrected chi connectivity index (χ1v) is 8.54. The molecule has 1 aliphatic heterocycles. The number of aryl methyl sites for hydroxylation is 1. The van der Waals surface area contributed by atoms with E-state index in [1.165, 1.54) is 10.5 Å². The molecule has 6 heteroatoms. The summed E-state index contributed by atoms with van der Waals surface area (Å²) in [6, 6.07) is 8.93. The number of hydrogen-bond donors (Lipinski definition) is 2. The molecule has 0 radical (unpaired) electrons. The molecule has 0 bridgehead atoms. The molecule has 0 unspecified atom stereocenters. The Bertz CT molecular complexity index is 455. The Kier molecular flexibility index (Phi) is 8.86. The third-order valence-electron chi connectivity index (χ3n) is 3.70. The zero-order valence-electron chi connectivity index (χ0n) is 13.3. The van der Waals surface area contributed by atoms with Gasteiger partial charge in [-0.05, 0) is 26.0 Å². The molecular weight excluding hydrogens is 318 g/mol. The molecule has 1 aromatic carbocycles. The molecule has 2 rings (SSSR count). The number of benzene rings is 1. The van der Waals surface area contributed by atoms with Crippen molar-refractivity contribution >= 4 is 30.1 Å². The highest BCUT2D eigenvalue weighted by Gasteiger charge is 2.19. The van der Waals surface area contributed by atoms with E-state index in [2.05, 4.69) is 53.6 Å². The van der Waals surface area contributed by atoms with Crippen LogP contribution in [0.1, 0.15) is 12.5 Å². The predicted octanol–water partition coefficient (Wildman–Crippen LogP) is 1.92. The van der Waals surface area contributed by atoms with Crippen LogP contribution in [0.2, 0.25) is 0 Å². The molecule has 0 aliphatic carbocycles. The lowest BCUT2D eigenvalue weighted by atomic mass is 10.2. The average molecular weight is 344 g/mol. The summed E-state index contributed by atoms with van der Waals surface area (Å²) in [6.45, 7) is 8.37. The topological polar surface area (TPSA) is 44.4 Å². The Morgan fingerprint density at radius 3 is 2.82 bits per heavy atom. The number of nitrogens with zero attached hydrogens (tertiary/aromatic N) is 1. The lowest BCUT2D eigenvalue weighted by Gasteiger charge is -2.33. The molecule has 0 spiro atoms. The van der Waals surface area contributed by atoms with Crippen LogP contribution in [0.4, 0.5) is 0 Å². The maximum absolute atomic E-state index is 11.9. The second-order valence-electron chi connectivity index (χ2n) is 5.54. The van der Waals surface area contributed by atoms with E-state index in [-0.39, 0.29) is 18.3 Å². The van der Waals surface area contributed by atoms with Gasteiger partial charge in [0.2, 0.25) is 5.91 Å². The molecule has 1 heterocycles. The molecule has 22 heavy (non-hydrogen) atoms. The number of nitrogens with one attached hydrogen (secondary N) is 2. The van der Waals surface area contributed by atoms with E-state index in [0.717, 1.165) is 31.9 Å². The summed E-state index contributed by atoms with van der Waals surface area (Å²) < 4.78 is 0. The zero-order chi connectivity index (χ0) is 15.1. The van der Waals surface area contributed by atoms with E-state index in [0.29, 0.717) is 12.6 Å². The van der Waals surface area contributed by atoms with Gasteiger partial charge < -0.3 is 10.6 Å². The lowest BCUT2D eigenvalue weighted by Crippen LogP contribution is -2.52. The van der Waals surface area contributed by atoms with Gasteiger partial charge in [-0.1, -0.05) is 17.7 Å². The maximum atomic E-state index is 11.9. The highest BCUT2D eigenvalue weighted by Crippen LogP contribution is 2.17. The second kappa shape index (κ2) is 10.1. The van der Waals surface area contributed by atoms with E-state index in [4.69, 9.17) is 0 Å². The minimum Gasteiger partial charge on any atom is -0.354 e. The normalized spacial score (nSPS) is 18.5. The van der Waals surface area contributed by atoms with E-state index in [1.807, 2.05) is 0 Å². The molecule has 1 aliphatic rings. The van der Waals surface area contributed by atoms with Gasteiger partial charge in [0.25, 0.3) is 0 Å². The summed E-state index contributed by atoms with van der Waals surface area (Å²) in [6.07, 6.45) is 0. The Labute approximate surface area is 143 Å². The standard InChI is InChI=1S/C16H25N3OS.ClH/c1-13-3-5-15(6-4-13)21-10-8-18-16(20)12-19-9-7-17-11-14(19)2;/h3-6,14,17H,7-12H2,1-2H3,(H,18,20);1H/t14-;/m0./s1. The lowest BCUT2D eigenvalue weighted by molar-refractivity contribution is -0.122. The van der Waals surface area contributed by atoms with Crippen molar-refractivity contribution in [2.75, 3.05) is 38.5 Å². The van der Waals surface area contributed by atoms with Crippen LogP contribution >= 0.6 is 24.2 Å².